The first kappa shape index (κ1) is 17.0. The van der Waals surface area contributed by atoms with Gasteiger partial charge in [-0.25, -0.2) is 8.78 Å². The summed E-state index contributed by atoms with van der Waals surface area (Å²) in [6, 6.07) is 9.49. The number of hydrogen-bond acceptors (Lipinski definition) is 1. The minimum absolute atomic E-state index is 0.0257. The topological polar surface area (TPSA) is 29.1 Å². The van der Waals surface area contributed by atoms with E-state index in [9.17, 15) is 13.6 Å². The van der Waals surface area contributed by atoms with Gasteiger partial charge in [0.1, 0.15) is 11.6 Å². The van der Waals surface area contributed by atoms with Crippen LogP contribution in [0.3, 0.4) is 0 Å². The molecule has 2 nitrogen and oxygen atoms in total. The lowest BCUT2D eigenvalue weighted by Gasteiger charge is -2.18. The highest BCUT2D eigenvalue weighted by atomic mass is 19.1. The molecule has 2 aromatic rings. The fourth-order valence-corrected chi connectivity index (χ4v) is 4.18. The smallest absolute Gasteiger partial charge is 0.247 e. The highest BCUT2D eigenvalue weighted by molar-refractivity contribution is 6.01. The minimum atomic E-state index is -0.296. The Morgan fingerprint density at radius 2 is 1.85 bits per heavy atom. The number of amides is 1. The van der Waals surface area contributed by atoms with Crippen molar-refractivity contribution >= 4 is 11.5 Å². The fourth-order valence-electron chi connectivity index (χ4n) is 4.18. The molecule has 1 fully saturated rings. The number of halogens is 2. The molecule has 1 atom stereocenters. The molecule has 134 valence electrons. The maximum absolute atomic E-state index is 14.4. The van der Waals surface area contributed by atoms with Crippen LogP contribution in [0.5, 0.6) is 0 Å². The average molecular weight is 353 g/mol. The summed E-state index contributed by atoms with van der Waals surface area (Å²) in [6.07, 6.45) is 3.06. The first-order valence-electron chi connectivity index (χ1n) is 9.05. The van der Waals surface area contributed by atoms with E-state index >= 15 is 0 Å². The van der Waals surface area contributed by atoms with E-state index in [1.54, 1.807) is 24.3 Å². The van der Waals surface area contributed by atoms with Crippen molar-refractivity contribution < 1.29 is 13.6 Å². The van der Waals surface area contributed by atoms with Crippen LogP contribution in [-0.2, 0) is 17.6 Å². The van der Waals surface area contributed by atoms with Gasteiger partial charge in [-0.1, -0.05) is 12.1 Å². The average Bonchev–Trinajstić information content (AvgIpc) is 2.87. The van der Waals surface area contributed by atoms with Gasteiger partial charge in [0.25, 0.3) is 0 Å². The molecule has 1 saturated heterocycles. The highest BCUT2D eigenvalue weighted by Crippen LogP contribution is 2.37. The molecule has 2 bridgehead atoms. The zero-order valence-corrected chi connectivity index (χ0v) is 14.7. The lowest BCUT2D eigenvalue weighted by molar-refractivity contribution is -0.117. The number of fused-ring (bicyclic) bond motifs is 3. The zero-order valence-electron chi connectivity index (χ0n) is 14.7. The van der Waals surface area contributed by atoms with E-state index in [2.05, 4.69) is 5.32 Å². The molecule has 0 spiro atoms. The summed E-state index contributed by atoms with van der Waals surface area (Å²) in [4.78, 5) is 12.4. The van der Waals surface area contributed by atoms with Crippen molar-refractivity contribution in [3.8, 4) is 0 Å². The molecular weight excluding hydrogens is 332 g/mol. The Morgan fingerprint density at radius 3 is 2.62 bits per heavy atom. The van der Waals surface area contributed by atoms with Crippen molar-refractivity contribution in [3.63, 3.8) is 0 Å². The number of nitrogens with one attached hydrogen (secondary N) is 1. The molecule has 1 aliphatic carbocycles. The van der Waals surface area contributed by atoms with Crippen LogP contribution in [0.25, 0.3) is 5.57 Å². The van der Waals surface area contributed by atoms with Gasteiger partial charge in [0, 0.05) is 12.1 Å². The predicted octanol–water partition coefficient (Wildman–Crippen LogP) is 4.41. The van der Waals surface area contributed by atoms with Crippen molar-refractivity contribution in [3.05, 3.63) is 75.9 Å². The Balaban J connectivity index is 1.83. The maximum atomic E-state index is 14.4. The third kappa shape index (κ3) is 3.16. The van der Waals surface area contributed by atoms with Gasteiger partial charge in [0.2, 0.25) is 5.91 Å². The molecule has 2 aromatic carbocycles. The van der Waals surface area contributed by atoms with E-state index in [1.807, 2.05) is 6.92 Å². The van der Waals surface area contributed by atoms with E-state index in [1.165, 1.54) is 12.1 Å². The van der Waals surface area contributed by atoms with Gasteiger partial charge in [0.05, 0.1) is 0 Å². The number of rotatable bonds is 2. The lowest BCUT2D eigenvalue weighted by Crippen LogP contribution is -2.24. The molecule has 4 heteroatoms. The van der Waals surface area contributed by atoms with Crippen LogP contribution in [0.15, 0.2) is 42.0 Å². The van der Waals surface area contributed by atoms with Crippen LogP contribution >= 0.6 is 0 Å². The maximum Gasteiger partial charge on any atom is 0.247 e. The Kier molecular flexibility index (Phi) is 4.35. The Labute approximate surface area is 151 Å². The molecule has 0 radical (unpaired) electrons. The summed E-state index contributed by atoms with van der Waals surface area (Å²) in [7, 11) is 0. The van der Waals surface area contributed by atoms with Gasteiger partial charge >= 0.3 is 0 Å². The minimum Gasteiger partial charge on any atom is -0.352 e. The van der Waals surface area contributed by atoms with E-state index in [4.69, 9.17) is 0 Å². The van der Waals surface area contributed by atoms with Crippen molar-refractivity contribution in [1.29, 1.82) is 0 Å². The number of allylic oxidation sites excluding steroid dienone is 1. The Bertz CT molecular complexity index is 899. The number of carbonyl (C=O) groups is 1. The summed E-state index contributed by atoms with van der Waals surface area (Å²) in [5, 5.41) is 2.95. The van der Waals surface area contributed by atoms with E-state index in [0.29, 0.717) is 18.9 Å². The van der Waals surface area contributed by atoms with E-state index in [0.717, 1.165) is 52.7 Å². The molecule has 4 rings (SSSR count). The van der Waals surface area contributed by atoms with E-state index in [-0.39, 0.29) is 17.5 Å². The normalized spacial score (nSPS) is 19.5. The van der Waals surface area contributed by atoms with E-state index < -0.39 is 0 Å². The highest BCUT2D eigenvalue weighted by Gasteiger charge is 2.29. The zero-order chi connectivity index (χ0) is 18.3. The van der Waals surface area contributed by atoms with Crippen LogP contribution < -0.4 is 5.32 Å². The first-order valence-corrected chi connectivity index (χ1v) is 9.05. The van der Waals surface area contributed by atoms with Gasteiger partial charge in [-0.15, -0.1) is 0 Å². The lowest BCUT2D eigenvalue weighted by atomic mass is 9.87. The molecule has 26 heavy (non-hydrogen) atoms. The summed E-state index contributed by atoms with van der Waals surface area (Å²) >= 11 is 0. The standard InChI is InChI=1S/C22H21F2NO/c1-13-19-12-18(24)11-16(8-14-2-4-17(23)5-3-14)21(19)10-15-6-7-25-22(26)20(13)9-15/h2-5,11-12,15H,6-10H2,1H3,(H,25,26). The third-order valence-corrected chi connectivity index (χ3v) is 5.57. The summed E-state index contributed by atoms with van der Waals surface area (Å²) in [5.41, 5.74) is 5.51. The van der Waals surface area contributed by atoms with Crippen molar-refractivity contribution in [1.82, 2.24) is 5.32 Å². The molecule has 0 aromatic heterocycles. The van der Waals surface area contributed by atoms with Crippen LogP contribution in [-0.4, -0.2) is 12.5 Å². The van der Waals surface area contributed by atoms with Gasteiger partial charge in [-0.05, 0) is 90.6 Å². The van der Waals surface area contributed by atoms with Gasteiger partial charge < -0.3 is 5.32 Å². The number of benzene rings is 2. The van der Waals surface area contributed by atoms with Gasteiger partial charge in [0.15, 0.2) is 0 Å². The number of carbonyl (C=O) groups excluding carboxylic acids is 1. The molecule has 0 saturated carbocycles. The molecule has 1 amide bonds. The molecular formula is C22H21F2NO. The Hall–Kier alpha value is -2.49. The predicted molar refractivity (Wildman–Crippen MR) is 97.6 cm³/mol. The van der Waals surface area contributed by atoms with Crippen molar-refractivity contribution in [2.24, 2.45) is 5.92 Å². The quantitative estimate of drug-likeness (QED) is 0.851. The van der Waals surface area contributed by atoms with Crippen molar-refractivity contribution in [2.45, 2.75) is 32.6 Å². The van der Waals surface area contributed by atoms with Gasteiger partial charge in [-0.3, -0.25) is 4.79 Å². The third-order valence-electron chi connectivity index (χ3n) is 5.57. The molecule has 1 heterocycles. The van der Waals surface area contributed by atoms with Crippen LogP contribution in [0.4, 0.5) is 8.78 Å². The SMILES string of the molecule is CC1=C2CC(CCNC2=O)Cc2c(Cc3ccc(F)cc3)cc(F)cc21. The summed E-state index contributed by atoms with van der Waals surface area (Å²) in [6.45, 7) is 2.60. The monoisotopic (exact) mass is 353 g/mol. The largest absolute Gasteiger partial charge is 0.352 e. The summed E-state index contributed by atoms with van der Waals surface area (Å²) in [5.74, 6) is -0.223. The van der Waals surface area contributed by atoms with Crippen LogP contribution in [0.1, 0.15) is 42.0 Å². The second-order valence-electron chi connectivity index (χ2n) is 7.32. The molecule has 1 aliphatic heterocycles. The first-order chi connectivity index (χ1) is 12.5. The fraction of sp³-hybridized carbons (Fsp3) is 0.318. The summed E-state index contributed by atoms with van der Waals surface area (Å²) < 4.78 is 27.6. The van der Waals surface area contributed by atoms with Gasteiger partial charge in [-0.2, -0.15) is 0 Å². The van der Waals surface area contributed by atoms with Crippen molar-refractivity contribution in [2.75, 3.05) is 6.54 Å². The number of hydrogen-bond donors (Lipinski definition) is 1. The van der Waals surface area contributed by atoms with Crippen LogP contribution in [0.2, 0.25) is 0 Å². The molecule has 1 unspecified atom stereocenters. The second-order valence-corrected chi connectivity index (χ2v) is 7.32. The van der Waals surface area contributed by atoms with Crippen LogP contribution in [0, 0.1) is 17.6 Å². The second kappa shape index (κ2) is 6.67. The molecule has 2 aliphatic rings. The molecule has 1 N–H and O–H groups in total. The Morgan fingerprint density at radius 1 is 1.08 bits per heavy atom.